The Bertz CT molecular complexity index is 1450. The Hall–Kier alpha value is -3.57. The summed E-state index contributed by atoms with van der Waals surface area (Å²) in [5.74, 6) is -2.48. The second kappa shape index (κ2) is 19.6. The molecular weight excluding hydrogens is 729 g/mol. The third-order valence-corrected chi connectivity index (χ3v) is 18.9. The van der Waals surface area contributed by atoms with E-state index in [2.05, 4.69) is 62.5 Å². The number of carbonyl (C=O) groups excluding carboxylic acids is 5. The van der Waals surface area contributed by atoms with Crippen LogP contribution >= 0.6 is 32.6 Å². The van der Waals surface area contributed by atoms with E-state index in [-0.39, 0.29) is 49.9 Å². The average Bonchev–Trinajstić information content (AvgIpc) is 3.12. The number of nitrogens with two attached hydrogens (primary N) is 1. The Morgan fingerprint density at radius 2 is 1.31 bits per heavy atom. The van der Waals surface area contributed by atoms with Crippen molar-refractivity contribution in [1.29, 1.82) is 0 Å². The number of rotatable bonds is 19. The molecular formula is C36H45BrN3O7PS. The zero-order valence-electron chi connectivity index (χ0n) is 27.8. The van der Waals surface area contributed by atoms with Crippen LogP contribution in [0.25, 0.3) is 0 Å². The van der Waals surface area contributed by atoms with Crippen LogP contribution in [-0.2, 0) is 33.4 Å². The molecule has 0 saturated carbocycles. The number of thioether (sulfide) groups is 1. The molecule has 0 aliphatic rings. The van der Waals surface area contributed by atoms with E-state index in [1.807, 2.05) is 54.6 Å². The van der Waals surface area contributed by atoms with Crippen LogP contribution in [-0.4, -0.2) is 72.6 Å². The van der Waals surface area contributed by atoms with E-state index < -0.39 is 41.1 Å². The molecule has 3 rings (SSSR count). The number of halogens is 1. The van der Waals surface area contributed by atoms with Crippen molar-refractivity contribution in [2.75, 3.05) is 31.7 Å². The van der Waals surface area contributed by atoms with Gasteiger partial charge in [-0.1, -0.05) is 0 Å². The van der Waals surface area contributed by atoms with Crippen LogP contribution in [0.4, 0.5) is 0 Å². The average molecular weight is 775 g/mol. The molecule has 10 nitrogen and oxygen atoms in total. The molecule has 3 aromatic rings. The second-order valence-electron chi connectivity index (χ2n) is 11.2. The molecule has 0 aliphatic heterocycles. The van der Waals surface area contributed by atoms with Crippen molar-refractivity contribution in [1.82, 2.24) is 10.6 Å². The fourth-order valence-corrected chi connectivity index (χ4v) is 14.0. The summed E-state index contributed by atoms with van der Waals surface area (Å²) in [4.78, 5) is 62.8. The summed E-state index contributed by atoms with van der Waals surface area (Å²) in [5, 5.41) is 5.17. The summed E-state index contributed by atoms with van der Waals surface area (Å²) < 4.78 is 9.76. The van der Waals surface area contributed by atoms with E-state index in [1.54, 1.807) is 13.8 Å². The van der Waals surface area contributed by atoms with Crippen molar-refractivity contribution < 1.29 is 33.4 Å². The summed E-state index contributed by atoms with van der Waals surface area (Å²) >= 11 is 5.34. The quantitative estimate of drug-likeness (QED) is 0.122. The van der Waals surface area contributed by atoms with E-state index in [1.165, 1.54) is 0 Å². The normalized spacial score (nSPS) is 13.2. The number of benzene rings is 3. The standard InChI is InChI=1S/C36H45BrN3O7PS/c1-3-46-33(42)25-39-35(44)31(40-32(41)23-22-30(38)36(45)47-4-2)26-49-34(43)21-14-24-48(37,27-15-8-5-9-16-27,28-17-10-6-11-18-28)29-19-12-7-13-20-29/h5-13,15-20,30-31H,3-4,14,21-26,38H2,1-2H3,(H,39,44)(H,40,41). The first-order chi connectivity index (χ1) is 23.5. The molecule has 264 valence electrons. The fraction of sp³-hybridized carbons (Fsp3) is 0.361. The Balaban J connectivity index is 1.74. The predicted octanol–water partition coefficient (Wildman–Crippen LogP) is 3.70. The van der Waals surface area contributed by atoms with Crippen LogP contribution in [0.15, 0.2) is 91.0 Å². The van der Waals surface area contributed by atoms with Gasteiger partial charge in [-0.25, -0.2) is 0 Å². The number of esters is 2. The van der Waals surface area contributed by atoms with Gasteiger partial charge in [-0.2, -0.15) is 0 Å². The maximum absolute atomic E-state index is 13.3. The summed E-state index contributed by atoms with van der Waals surface area (Å²) in [5.41, 5.74) is 5.81. The zero-order valence-corrected chi connectivity index (χ0v) is 31.1. The molecule has 13 heteroatoms. The summed E-state index contributed by atoms with van der Waals surface area (Å²) in [7, 11) is 0. The van der Waals surface area contributed by atoms with Gasteiger partial charge in [-0.15, -0.1) is 0 Å². The molecule has 2 atom stereocenters. The van der Waals surface area contributed by atoms with Crippen LogP contribution in [0.2, 0.25) is 0 Å². The third kappa shape index (κ3) is 11.0. The van der Waals surface area contributed by atoms with Crippen LogP contribution in [0, 0.1) is 0 Å². The number of ether oxygens (including phenoxy) is 2. The number of carbonyl (C=O) groups is 5. The van der Waals surface area contributed by atoms with Crippen molar-refractivity contribution >= 4 is 77.3 Å². The zero-order chi connectivity index (χ0) is 35.7. The van der Waals surface area contributed by atoms with Gasteiger partial charge in [0.1, 0.15) is 0 Å². The molecule has 3 aromatic carbocycles. The molecule has 0 heterocycles. The Morgan fingerprint density at radius 1 is 0.796 bits per heavy atom. The first-order valence-electron chi connectivity index (χ1n) is 16.2. The van der Waals surface area contributed by atoms with Gasteiger partial charge in [0, 0.05) is 0 Å². The Morgan fingerprint density at radius 3 is 1.80 bits per heavy atom. The van der Waals surface area contributed by atoms with Gasteiger partial charge in [-0.3, -0.25) is 4.79 Å². The van der Waals surface area contributed by atoms with Crippen molar-refractivity contribution in [2.45, 2.75) is 51.6 Å². The fourth-order valence-electron chi connectivity index (χ4n) is 5.42. The van der Waals surface area contributed by atoms with E-state index in [0.29, 0.717) is 12.6 Å². The molecule has 2 amide bonds. The van der Waals surface area contributed by atoms with Gasteiger partial charge in [0.05, 0.1) is 13.2 Å². The molecule has 0 aromatic heterocycles. The summed E-state index contributed by atoms with van der Waals surface area (Å²) in [6, 6.07) is 28.8. The third-order valence-electron chi connectivity index (χ3n) is 7.89. The second-order valence-corrected chi connectivity index (χ2v) is 21.4. The monoisotopic (exact) mass is 773 g/mol. The summed E-state index contributed by atoms with van der Waals surface area (Å²) in [6.07, 6.45) is 1.30. The molecule has 49 heavy (non-hydrogen) atoms. The molecule has 0 bridgehead atoms. The van der Waals surface area contributed by atoms with Crippen LogP contribution in [0.5, 0.6) is 0 Å². The number of nitrogens with one attached hydrogen (secondary N) is 2. The molecule has 4 N–H and O–H groups in total. The van der Waals surface area contributed by atoms with Crippen molar-refractivity contribution in [3.8, 4) is 0 Å². The van der Waals surface area contributed by atoms with E-state index in [0.717, 1.165) is 27.7 Å². The van der Waals surface area contributed by atoms with E-state index >= 15 is 0 Å². The van der Waals surface area contributed by atoms with Gasteiger partial charge in [0.15, 0.2) is 0 Å². The summed E-state index contributed by atoms with van der Waals surface area (Å²) in [6.45, 7) is 3.23. The van der Waals surface area contributed by atoms with Crippen molar-refractivity contribution in [2.24, 2.45) is 5.73 Å². The van der Waals surface area contributed by atoms with Crippen LogP contribution < -0.4 is 32.3 Å². The number of amides is 2. The number of hydrogen-bond donors (Lipinski definition) is 3. The number of hydrogen-bond acceptors (Lipinski definition) is 9. The molecule has 0 saturated heterocycles. The molecule has 0 fully saturated rings. The van der Waals surface area contributed by atoms with Crippen LogP contribution in [0.3, 0.4) is 0 Å². The predicted molar refractivity (Wildman–Crippen MR) is 201 cm³/mol. The maximum atomic E-state index is 13.3. The Labute approximate surface area is 300 Å². The van der Waals surface area contributed by atoms with Gasteiger partial charge in [-0.05, 0) is 13.8 Å². The smallest absolute Gasteiger partial charge is 0.465 e. The first kappa shape index (κ1) is 39.9. The van der Waals surface area contributed by atoms with Gasteiger partial charge < -0.3 is 10.5 Å². The van der Waals surface area contributed by atoms with Gasteiger partial charge in [0.25, 0.3) is 0 Å². The minimum absolute atomic E-state index is 0.0106. The van der Waals surface area contributed by atoms with Crippen molar-refractivity contribution in [3.63, 3.8) is 0 Å². The SMILES string of the molecule is CCOC(=O)CNC(=O)C(CSC(=O)CCCP(Br)(c1ccccc1)(c1ccccc1)c1ccccc1)NC(=O)CCC(N)C(=O)OCC. The van der Waals surface area contributed by atoms with Gasteiger partial charge >= 0.3 is 259 Å². The first-order valence-corrected chi connectivity index (χ1v) is 21.7. The molecule has 0 radical (unpaired) electrons. The van der Waals surface area contributed by atoms with Gasteiger partial charge in [0.2, 0.25) is 0 Å². The molecule has 0 aliphatic carbocycles. The Kier molecular flexibility index (Phi) is 15.9. The molecule has 2 unspecified atom stereocenters. The topological polar surface area (TPSA) is 154 Å². The molecule has 0 spiro atoms. The van der Waals surface area contributed by atoms with Crippen LogP contribution in [0.1, 0.15) is 39.5 Å². The minimum Gasteiger partial charge on any atom is -0.465 e. The van der Waals surface area contributed by atoms with E-state index in [9.17, 15) is 24.0 Å². The minimum atomic E-state index is -3.21. The van der Waals surface area contributed by atoms with E-state index in [4.69, 9.17) is 15.2 Å². The van der Waals surface area contributed by atoms with Crippen molar-refractivity contribution in [3.05, 3.63) is 91.0 Å².